The summed E-state index contributed by atoms with van der Waals surface area (Å²) in [7, 11) is 0. The molecule has 2 atom stereocenters. The third-order valence-electron chi connectivity index (χ3n) is 3.97. The van der Waals surface area contributed by atoms with Gasteiger partial charge in [0.15, 0.2) is 0 Å². The van der Waals surface area contributed by atoms with Gasteiger partial charge in [-0.25, -0.2) is 14.2 Å². The predicted molar refractivity (Wildman–Crippen MR) is 90.8 cm³/mol. The number of hydrogen-bond donors (Lipinski definition) is 1. The van der Waals surface area contributed by atoms with E-state index in [1.54, 1.807) is 24.3 Å². The summed E-state index contributed by atoms with van der Waals surface area (Å²) < 4.78 is 13.9. The molecule has 0 aromatic heterocycles. The van der Waals surface area contributed by atoms with Gasteiger partial charge in [0.05, 0.1) is 12.6 Å². The fraction of sp³-hybridized carbons (Fsp3) is 0.278. The summed E-state index contributed by atoms with van der Waals surface area (Å²) in [6.07, 6.45) is 0.567. The second kappa shape index (κ2) is 7.42. The molecular weight excluding hydrogens is 377 g/mol. The molecule has 126 valence electrons. The quantitative estimate of drug-likeness (QED) is 0.779. The summed E-state index contributed by atoms with van der Waals surface area (Å²) in [6, 6.07) is 11.2. The highest BCUT2D eigenvalue weighted by Crippen LogP contribution is 2.33. The van der Waals surface area contributed by atoms with Gasteiger partial charge in [-0.1, -0.05) is 28.1 Å². The molecule has 6 heteroatoms. The first-order valence-corrected chi connectivity index (χ1v) is 8.48. The highest BCUT2D eigenvalue weighted by atomic mass is 79.9. The Kier molecular flexibility index (Phi) is 5.28. The van der Waals surface area contributed by atoms with Gasteiger partial charge >= 0.3 is 0 Å². The number of nitrogens with one attached hydrogen (secondary N) is 1. The summed E-state index contributed by atoms with van der Waals surface area (Å²) in [5, 5.41) is 2.92. The molecule has 1 aliphatic heterocycles. The van der Waals surface area contributed by atoms with Crippen molar-refractivity contribution in [2.75, 3.05) is 6.61 Å². The number of carbonyl (C=O) groups is 1. The van der Waals surface area contributed by atoms with Crippen molar-refractivity contribution in [3.8, 4) is 0 Å². The molecule has 1 amide bonds. The second-order valence-corrected chi connectivity index (χ2v) is 6.53. The maximum Gasteiger partial charge on any atom is 0.251 e. The highest BCUT2D eigenvalue weighted by Gasteiger charge is 2.23. The van der Waals surface area contributed by atoms with E-state index in [-0.39, 0.29) is 23.9 Å². The van der Waals surface area contributed by atoms with Gasteiger partial charge < -0.3 is 5.32 Å². The van der Waals surface area contributed by atoms with Crippen LogP contribution in [0.3, 0.4) is 0 Å². The van der Waals surface area contributed by atoms with E-state index in [0.29, 0.717) is 12.2 Å². The molecule has 0 bridgehead atoms. The van der Waals surface area contributed by atoms with E-state index in [2.05, 4.69) is 21.2 Å². The lowest BCUT2D eigenvalue weighted by molar-refractivity contribution is -0.276. The monoisotopic (exact) mass is 393 g/mol. The Labute approximate surface area is 148 Å². The normalized spacial score (nSPS) is 18.4. The maximum atomic E-state index is 13.0. The lowest BCUT2D eigenvalue weighted by atomic mass is 10.0. The lowest BCUT2D eigenvalue weighted by Crippen LogP contribution is -2.26. The molecular formula is C18H17BrFNO3. The van der Waals surface area contributed by atoms with E-state index in [1.807, 2.05) is 13.0 Å². The number of rotatable bonds is 4. The number of carbonyl (C=O) groups excluding carboxylic acids is 1. The van der Waals surface area contributed by atoms with Gasteiger partial charge in [-0.05, 0) is 48.4 Å². The van der Waals surface area contributed by atoms with Crippen LogP contribution in [0.1, 0.15) is 47.0 Å². The summed E-state index contributed by atoms with van der Waals surface area (Å²) in [4.78, 5) is 22.7. The van der Waals surface area contributed by atoms with Crippen molar-refractivity contribution in [1.82, 2.24) is 5.32 Å². The van der Waals surface area contributed by atoms with Gasteiger partial charge in [0.2, 0.25) is 0 Å². The van der Waals surface area contributed by atoms with Crippen LogP contribution >= 0.6 is 15.9 Å². The van der Waals surface area contributed by atoms with Gasteiger partial charge in [-0.15, -0.1) is 0 Å². The number of hydrogen-bond acceptors (Lipinski definition) is 3. The number of benzene rings is 2. The molecule has 0 aliphatic carbocycles. The molecule has 1 N–H and O–H groups in total. The van der Waals surface area contributed by atoms with Crippen LogP contribution in [0, 0.1) is 5.82 Å². The zero-order chi connectivity index (χ0) is 17.1. The van der Waals surface area contributed by atoms with Crippen LogP contribution in [0.4, 0.5) is 4.39 Å². The van der Waals surface area contributed by atoms with Crippen molar-refractivity contribution in [2.45, 2.75) is 25.5 Å². The van der Waals surface area contributed by atoms with Crippen molar-refractivity contribution in [1.29, 1.82) is 0 Å². The molecule has 0 spiro atoms. The Hall–Kier alpha value is -1.76. The highest BCUT2D eigenvalue weighted by molar-refractivity contribution is 9.10. The topological polar surface area (TPSA) is 47.6 Å². The summed E-state index contributed by atoms with van der Waals surface area (Å²) in [6.45, 7) is 2.40. The largest absolute Gasteiger partial charge is 0.346 e. The molecule has 0 saturated carbocycles. The average Bonchev–Trinajstić information content (AvgIpc) is 3.10. The Morgan fingerprint density at radius 2 is 2.04 bits per heavy atom. The average molecular weight is 394 g/mol. The molecule has 1 aliphatic rings. The van der Waals surface area contributed by atoms with E-state index in [0.717, 1.165) is 22.0 Å². The fourth-order valence-corrected chi connectivity index (χ4v) is 3.09. The summed E-state index contributed by atoms with van der Waals surface area (Å²) >= 11 is 3.48. The molecule has 2 aromatic rings. The summed E-state index contributed by atoms with van der Waals surface area (Å²) in [5.41, 5.74) is 2.27. The molecule has 2 aromatic carbocycles. The zero-order valence-corrected chi connectivity index (χ0v) is 14.7. The Bertz CT molecular complexity index is 730. The number of halogens is 2. The van der Waals surface area contributed by atoms with Crippen LogP contribution < -0.4 is 5.32 Å². The maximum absolute atomic E-state index is 13.0. The molecule has 1 heterocycles. The molecule has 4 nitrogen and oxygen atoms in total. The van der Waals surface area contributed by atoms with Gasteiger partial charge in [-0.3, -0.25) is 4.79 Å². The number of amides is 1. The van der Waals surface area contributed by atoms with Crippen molar-refractivity contribution < 1.29 is 19.0 Å². The zero-order valence-electron chi connectivity index (χ0n) is 13.1. The third-order valence-corrected chi connectivity index (χ3v) is 4.69. The van der Waals surface area contributed by atoms with Crippen LogP contribution in [0.2, 0.25) is 0 Å². The van der Waals surface area contributed by atoms with Gasteiger partial charge in [0, 0.05) is 16.5 Å². The van der Waals surface area contributed by atoms with E-state index in [1.165, 1.54) is 12.1 Å². The molecule has 24 heavy (non-hydrogen) atoms. The molecule has 1 fully saturated rings. The SMILES string of the molecule is C[C@@H](NC(=O)c1ccc(Br)c(C2CCOO2)c1)c1ccc(F)cc1. The minimum absolute atomic E-state index is 0.179. The standard InChI is InChI=1S/C18H17BrFNO3/c1-11(12-2-5-14(20)6-3-12)21-18(22)13-4-7-16(19)15(10-13)17-8-9-23-24-17/h2-7,10-11,17H,8-9H2,1H3,(H,21,22)/t11-,17?/m1/s1. The minimum Gasteiger partial charge on any atom is -0.346 e. The van der Waals surface area contributed by atoms with Crippen LogP contribution in [-0.4, -0.2) is 12.5 Å². The first-order chi connectivity index (χ1) is 11.5. The van der Waals surface area contributed by atoms with Crippen molar-refractivity contribution >= 4 is 21.8 Å². The van der Waals surface area contributed by atoms with Crippen molar-refractivity contribution in [3.63, 3.8) is 0 Å². The van der Waals surface area contributed by atoms with Gasteiger partial charge in [-0.2, -0.15) is 0 Å². The lowest BCUT2D eigenvalue weighted by Gasteiger charge is -2.16. The van der Waals surface area contributed by atoms with E-state index >= 15 is 0 Å². The third kappa shape index (κ3) is 3.83. The van der Waals surface area contributed by atoms with Crippen molar-refractivity contribution in [2.24, 2.45) is 0 Å². The van der Waals surface area contributed by atoms with Crippen LogP contribution in [-0.2, 0) is 9.78 Å². The van der Waals surface area contributed by atoms with Crippen LogP contribution in [0.15, 0.2) is 46.9 Å². The van der Waals surface area contributed by atoms with E-state index in [4.69, 9.17) is 9.78 Å². The predicted octanol–water partition coefficient (Wildman–Crippen LogP) is 4.47. The Balaban J connectivity index is 1.74. The first-order valence-electron chi connectivity index (χ1n) is 7.68. The molecule has 1 saturated heterocycles. The molecule has 0 radical (unpaired) electrons. The molecule has 3 rings (SSSR count). The first kappa shape index (κ1) is 17.1. The molecule has 1 unspecified atom stereocenters. The second-order valence-electron chi connectivity index (χ2n) is 5.68. The minimum atomic E-state index is -0.298. The Morgan fingerprint density at radius 3 is 2.71 bits per heavy atom. The van der Waals surface area contributed by atoms with Crippen LogP contribution in [0.25, 0.3) is 0 Å². The van der Waals surface area contributed by atoms with Crippen LogP contribution in [0.5, 0.6) is 0 Å². The van der Waals surface area contributed by atoms with Crippen molar-refractivity contribution in [3.05, 3.63) is 69.4 Å². The van der Waals surface area contributed by atoms with Gasteiger partial charge in [0.1, 0.15) is 11.9 Å². The summed E-state index contributed by atoms with van der Waals surface area (Å²) in [5.74, 6) is -0.492. The smallest absolute Gasteiger partial charge is 0.251 e. The fourth-order valence-electron chi connectivity index (χ4n) is 2.59. The van der Waals surface area contributed by atoms with E-state index in [9.17, 15) is 9.18 Å². The Morgan fingerprint density at radius 1 is 1.29 bits per heavy atom. The van der Waals surface area contributed by atoms with Gasteiger partial charge in [0.25, 0.3) is 5.91 Å². The van der Waals surface area contributed by atoms with E-state index < -0.39 is 0 Å².